The molecule has 0 amide bonds. The van der Waals surface area contributed by atoms with E-state index in [1.165, 1.54) is 0 Å². The molecule has 0 aliphatic rings. The number of ether oxygens (including phenoxy) is 4. The van der Waals surface area contributed by atoms with E-state index in [1.54, 1.807) is 11.6 Å². The Morgan fingerprint density at radius 3 is 2.44 bits per heavy atom. The number of hydrogen-bond donors (Lipinski definition) is 0. The largest absolute Gasteiger partial charge is 0.490 e. The number of esters is 1. The predicted molar refractivity (Wildman–Crippen MR) is 128 cm³/mol. The van der Waals surface area contributed by atoms with E-state index in [4.69, 9.17) is 18.9 Å². The number of hydrogen-bond acceptors (Lipinski definition) is 8. The minimum atomic E-state index is -0.608. The highest BCUT2D eigenvalue weighted by Gasteiger charge is 2.20. The monoisotopic (exact) mass is 470 g/mol. The summed E-state index contributed by atoms with van der Waals surface area (Å²) in [6.45, 7) is 9.08. The van der Waals surface area contributed by atoms with Gasteiger partial charge in [0.2, 0.25) is 5.88 Å². The van der Waals surface area contributed by atoms with Crippen LogP contribution in [-0.2, 0) is 34.2 Å². The second kappa shape index (κ2) is 12.3. The number of aromatic nitrogens is 4. The van der Waals surface area contributed by atoms with E-state index >= 15 is 0 Å². The molecule has 2 heterocycles. The van der Waals surface area contributed by atoms with E-state index in [9.17, 15) is 4.79 Å². The van der Waals surface area contributed by atoms with Crippen LogP contribution < -0.4 is 9.47 Å². The first-order valence-corrected chi connectivity index (χ1v) is 11.8. The fourth-order valence-corrected chi connectivity index (χ4v) is 3.70. The molecule has 0 saturated carbocycles. The van der Waals surface area contributed by atoms with Crippen LogP contribution in [0.3, 0.4) is 0 Å². The molecule has 0 unspecified atom stereocenters. The summed E-state index contributed by atoms with van der Waals surface area (Å²) in [5.41, 5.74) is 3.56. The average Bonchev–Trinajstić information content (AvgIpc) is 3.12. The first kappa shape index (κ1) is 25.4. The van der Waals surface area contributed by atoms with Gasteiger partial charge >= 0.3 is 5.97 Å². The van der Waals surface area contributed by atoms with Gasteiger partial charge in [0.25, 0.3) is 0 Å². The van der Waals surface area contributed by atoms with Crippen molar-refractivity contribution in [1.29, 1.82) is 0 Å². The number of nitrogens with zero attached hydrogens (tertiary/aromatic N) is 4. The summed E-state index contributed by atoms with van der Waals surface area (Å²) in [6.07, 6.45) is 1.69. The second-order valence-electron chi connectivity index (χ2n) is 7.83. The van der Waals surface area contributed by atoms with Crippen molar-refractivity contribution < 1.29 is 23.7 Å². The standard InChI is InChI=1S/C25H34N4O5/c1-6-9-20-22-23(29(5)28-20)24(27-17(4)26-22)34-15-14-33-19-12-10-18(11-13-19)16-21(31-7-2)25(30)32-8-3/h10-13,21H,6-9,14-16H2,1-5H3/t21-/m1/s1. The lowest BCUT2D eigenvalue weighted by atomic mass is 10.1. The highest BCUT2D eigenvalue weighted by Crippen LogP contribution is 2.25. The zero-order valence-corrected chi connectivity index (χ0v) is 20.7. The zero-order valence-electron chi connectivity index (χ0n) is 20.7. The molecule has 0 saturated heterocycles. The first-order chi connectivity index (χ1) is 16.5. The van der Waals surface area contributed by atoms with Crippen LogP contribution in [0.1, 0.15) is 44.3 Å². The van der Waals surface area contributed by atoms with E-state index in [0.29, 0.717) is 50.3 Å². The van der Waals surface area contributed by atoms with Crippen molar-refractivity contribution in [2.45, 2.75) is 53.1 Å². The maximum Gasteiger partial charge on any atom is 0.335 e. The lowest BCUT2D eigenvalue weighted by Crippen LogP contribution is -2.28. The Morgan fingerprint density at radius 1 is 1.03 bits per heavy atom. The van der Waals surface area contributed by atoms with Crippen LogP contribution in [0.25, 0.3) is 11.0 Å². The van der Waals surface area contributed by atoms with Crippen molar-refractivity contribution in [3.05, 3.63) is 41.3 Å². The molecule has 34 heavy (non-hydrogen) atoms. The average molecular weight is 471 g/mol. The van der Waals surface area contributed by atoms with Crippen molar-refractivity contribution >= 4 is 17.0 Å². The highest BCUT2D eigenvalue weighted by atomic mass is 16.6. The first-order valence-electron chi connectivity index (χ1n) is 11.8. The fraction of sp³-hybridized carbons (Fsp3) is 0.520. The van der Waals surface area contributed by atoms with Crippen molar-refractivity contribution in [1.82, 2.24) is 19.7 Å². The molecule has 184 valence electrons. The van der Waals surface area contributed by atoms with Gasteiger partial charge in [0.05, 0.1) is 12.3 Å². The lowest BCUT2D eigenvalue weighted by molar-refractivity contribution is -0.156. The smallest absolute Gasteiger partial charge is 0.335 e. The van der Waals surface area contributed by atoms with Gasteiger partial charge in [-0.05, 0) is 44.9 Å². The van der Waals surface area contributed by atoms with Gasteiger partial charge in [0.15, 0.2) is 6.10 Å². The van der Waals surface area contributed by atoms with Crippen molar-refractivity contribution in [3.8, 4) is 11.6 Å². The van der Waals surface area contributed by atoms with E-state index in [0.717, 1.165) is 35.1 Å². The molecule has 0 radical (unpaired) electrons. The molecule has 3 rings (SSSR count). The summed E-state index contributed by atoms with van der Waals surface area (Å²) in [5.74, 6) is 1.54. The van der Waals surface area contributed by atoms with Gasteiger partial charge in [-0.15, -0.1) is 0 Å². The Hall–Kier alpha value is -3.20. The topological polar surface area (TPSA) is 97.6 Å². The van der Waals surface area contributed by atoms with Crippen LogP contribution in [-0.4, -0.2) is 58.2 Å². The summed E-state index contributed by atoms with van der Waals surface area (Å²) in [7, 11) is 1.88. The van der Waals surface area contributed by atoms with Crippen molar-refractivity contribution in [2.75, 3.05) is 26.4 Å². The molecule has 3 aromatic rings. The van der Waals surface area contributed by atoms with Gasteiger partial charge in [-0.25, -0.2) is 9.78 Å². The Morgan fingerprint density at radius 2 is 1.76 bits per heavy atom. The number of benzene rings is 1. The third-order valence-electron chi connectivity index (χ3n) is 5.17. The van der Waals surface area contributed by atoms with Gasteiger partial charge in [0.1, 0.15) is 35.8 Å². The van der Waals surface area contributed by atoms with Crippen molar-refractivity contribution in [2.24, 2.45) is 7.05 Å². The Bertz CT molecular complexity index is 1080. The lowest BCUT2D eigenvalue weighted by Gasteiger charge is -2.16. The second-order valence-corrected chi connectivity index (χ2v) is 7.83. The normalized spacial score (nSPS) is 12.0. The third-order valence-corrected chi connectivity index (χ3v) is 5.17. The van der Waals surface area contributed by atoms with E-state index < -0.39 is 6.10 Å². The number of aryl methyl sites for hydroxylation is 3. The van der Waals surface area contributed by atoms with Gasteiger partial charge in [-0.2, -0.15) is 10.1 Å². The molecule has 0 spiro atoms. The molecule has 1 aromatic carbocycles. The van der Waals surface area contributed by atoms with Crippen LogP contribution >= 0.6 is 0 Å². The summed E-state index contributed by atoms with van der Waals surface area (Å²) in [6, 6.07) is 7.58. The number of carbonyl (C=O) groups is 1. The maximum absolute atomic E-state index is 12.1. The molecule has 0 aliphatic carbocycles. The van der Waals surface area contributed by atoms with Gasteiger partial charge in [0, 0.05) is 20.1 Å². The molecular weight excluding hydrogens is 436 g/mol. The number of fused-ring (bicyclic) bond motifs is 1. The predicted octanol–water partition coefficient (Wildman–Crippen LogP) is 3.59. The molecular formula is C25H34N4O5. The minimum Gasteiger partial charge on any atom is -0.490 e. The Balaban J connectivity index is 1.56. The minimum absolute atomic E-state index is 0.330. The zero-order chi connectivity index (χ0) is 24.5. The van der Waals surface area contributed by atoms with E-state index in [-0.39, 0.29) is 5.97 Å². The molecule has 2 aromatic heterocycles. The number of rotatable bonds is 13. The maximum atomic E-state index is 12.1. The van der Waals surface area contributed by atoms with Crippen LogP contribution in [0.4, 0.5) is 0 Å². The molecule has 0 fully saturated rings. The summed E-state index contributed by atoms with van der Waals surface area (Å²) < 4.78 is 24.2. The van der Waals surface area contributed by atoms with E-state index in [2.05, 4.69) is 22.0 Å². The quantitative estimate of drug-likeness (QED) is 0.276. The van der Waals surface area contributed by atoms with Crippen LogP contribution in [0.5, 0.6) is 11.6 Å². The van der Waals surface area contributed by atoms with Gasteiger partial charge in [-0.1, -0.05) is 25.5 Å². The van der Waals surface area contributed by atoms with Crippen LogP contribution in [0, 0.1) is 6.92 Å². The van der Waals surface area contributed by atoms with Gasteiger partial charge < -0.3 is 18.9 Å². The Labute approximate surface area is 200 Å². The highest BCUT2D eigenvalue weighted by molar-refractivity contribution is 5.82. The van der Waals surface area contributed by atoms with Crippen LogP contribution in [0.2, 0.25) is 0 Å². The molecule has 0 N–H and O–H groups in total. The van der Waals surface area contributed by atoms with Crippen LogP contribution in [0.15, 0.2) is 24.3 Å². The van der Waals surface area contributed by atoms with Gasteiger partial charge in [-0.3, -0.25) is 4.68 Å². The van der Waals surface area contributed by atoms with E-state index in [1.807, 2.05) is 45.2 Å². The van der Waals surface area contributed by atoms with Crippen molar-refractivity contribution in [3.63, 3.8) is 0 Å². The third kappa shape index (κ3) is 6.44. The summed E-state index contributed by atoms with van der Waals surface area (Å²) in [4.78, 5) is 21.1. The summed E-state index contributed by atoms with van der Waals surface area (Å²) >= 11 is 0. The SMILES string of the molecule is CCCc1nn(C)c2c(OCCOc3ccc(C[C@@H](OCC)C(=O)OCC)cc3)nc(C)nc12. The summed E-state index contributed by atoms with van der Waals surface area (Å²) in [5, 5.41) is 4.58. The molecule has 0 aliphatic heterocycles. The molecule has 9 heteroatoms. The Kier molecular flexibility index (Phi) is 9.21. The molecule has 9 nitrogen and oxygen atoms in total. The fourth-order valence-electron chi connectivity index (χ4n) is 3.70. The number of carbonyl (C=O) groups excluding carboxylic acids is 1. The molecule has 0 bridgehead atoms. The molecule has 1 atom stereocenters.